The molecule has 0 fully saturated rings. The fourth-order valence-electron chi connectivity index (χ4n) is 2.56. The number of carbonyl (C=O) groups is 2. The van der Waals surface area contributed by atoms with Crippen molar-refractivity contribution in [2.24, 2.45) is 0 Å². The van der Waals surface area contributed by atoms with Crippen LogP contribution in [0.1, 0.15) is 32.0 Å². The third-order valence-electron chi connectivity index (χ3n) is 4.13. The van der Waals surface area contributed by atoms with E-state index in [1.165, 1.54) is 18.3 Å². The zero-order valence-corrected chi connectivity index (χ0v) is 15.0. The Morgan fingerprint density at radius 3 is 2.54 bits per heavy atom. The maximum Gasteiger partial charge on any atom is 0.270 e. The van der Waals surface area contributed by atoms with Crippen LogP contribution in [0.5, 0.6) is 0 Å². The number of anilines is 1. The minimum atomic E-state index is -0.890. The van der Waals surface area contributed by atoms with Crippen molar-refractivity contribution in [1.82, 2.24) is 10.3 Å². The summed E-state index contributed by atoms with van der Waals surface area (Å²) in [4.78, 5) is 28.6. The quantitative estimate of drug-likeness (QED) is 0.705. The topological polar surface area (TPSA) is 71.1 Å². The average molecular weight is 381 g/mol. The maximum absolute atomic E-state index is 13.7. The number of halogens is 2. The van der Waals surface area contributed by atoms with Crippen LogP contribution in [0.2, 0.25) is 0 Å². The number of aryl methyl sites for hydroxylation is 1. The molecule has 0 aliphatic rings. The molecular formula is C21H17F2N3O2. The van der Waals surface area contributed by atoms with Crippen LogP contribution >= 0.6 is 0 Å². The summed E-state index contributed by atoms with van der Waals surface area (Å²) in [5.41, 5.74) is 2.04. The molecule has 7 heteroatoms. The van der Waals surface area contributed by atoms with Gasteiger partial charge in [-0.1, -0.05) is 24.3 Å². The number of rotatable bonds is 5. The Morgan fingerprint density at radius 2 is 1.79 bits per heavy atom. The molecule has 0 aliphatic carbocycles. The molecule has 3 rings (SSSR count). The normalized spacial score (nSPS) is 10.4. The predicted molar refractivity (Wildman–Crippen MR) is 101 cm³/mol. The molecule has 3 aromatic rings. The first-order valence-electron chi connectivity index (χ1n) is 8.49. The molecule has 0 aliphatic heterocycles. The van der Waals surface area contributed by atoms with Crippen molar-refractivity contribution in [1.29, 1.82) is 0 Å². The lowest BCUT2D eigenvalue weighted by Crippen LogP contribution is -2.25. The molecule has 0 saturated heterocycles. The summed E-state index contributed by atoms with van der Waals surface area (Å²) in [5.74, 6) is -2.71. The van der Waals surface area contributed by atoms with Crippen molar-refractivity contribution in [3.63, 3.8) is 0 Å². The number of pyridine rings is 1. The molecule has 0 radical (unpaired) electrons. The van der Waals surface area contributed by atoms with Crippen molar-refractivity contribution >= 4 is 17.5 Å². The second kappa shape index (κ2) is 8.39. The Balaban J connectivity index is 1.69. The molecule has 1 heterocycles. The van der Waals surface area contributed by atoms with Gasteiger partial charge < -0.3 is 10.6 Å². The number of carbonyl (C=O) groups excluding carboxylic acids is 2. The standard InChI is InChI=1S/C21H17F2N3O2/c1-13-4-2-3-5-15(13)12-25-21(28)19-10-14(8-9-24-19)20(27)26-18-7-6-16(22)11-17(18)23/h2-11H,12H2,1H3,(H,25,28)(H,26,27). The second-order valence-electron chi connectivity index (χ2n) is 6.12. The van der Waals surface area contributed by atoms with Gasteiger partial charge in [-0.05, 0) is 42.3 Å². The number of aromatic nitrogens is 1. The van der Waals surface area contributed by atoms with Gasteiger partial charge in [-0.2, -0.15) is 0 Å². The fraction of sp³-hybridized carbons (Fsp3) is 0.0952. The van der Waals surface area contributed by atoms with Gasteiger partial charge in [0.05, 0.1) is 5.69 Å². The molecule has 0 spiro atoms. The van der Waals surface area contributed by atoms with E-state index >= 15 is 0 Å². The summed E-state index contributed by atoms with van der Waals surface area (Å²) >= 11 is 0. The van der Waals surface area contributed by atoms with Crippen molar-refractivity contribution in [3.8, 4) is 0 Å². The SMILES string of the molecule is Cc1ccccc1CNC(=O)c1cc(C(=O)Nc2ccc(F)cc2F)ccn1. The molecule has 1 aromatic heterocycles. The van der Waals surface area contributed by atoms with E-state index in [9.17, 15) is 18.4 Å². The summed E-state index contributed by atoms with van der Waals surface area (Å²) in [6.45, 7) is 2.27. The largest absolute Gasteiger partial charge is 0.347 e. The summed E-state index contributed by atoms with van der Waals surface area (Å²) in [5, 5.41) is 5.10. The average Bonchev–Trinajstić information content (AvgIpc) is 2.69. The lowest BCUT2D eigenvalue weighted by molar-refractivity contribution is 0.0946. The van der Waals surface area contributed by atoms with Crippen LogP contribution in [0, 0.1) is 18.6 Å². The zero-order chi connectivity index (χ0) is 20.1. The molecule has 28 heavy (non-hydrogen) atoms. The molecule has 142 valence electrons. The van der Waals surface area contributed by atoms with Gasteiger partial charge in [0.1, 0.15) is 17.3 Å². The van der Waals surface area contributed by atoms with E-state index in [1.54, 1.807) is 0 Å². The number of hydrogen-bond donors (Lipinski definition) is 2. The van der Waals surface area contributed by atoms with Crippen LogP contribution in [0.25, 0.3) is 0 Å². The van der Waals surface area contributed by atoms with Crippen LogP contribution in [0.15, 0.2) is 60.8 Å². The molecular weight excluding hydrogens is 364 g/mol. The molecule has 2 amide bonds. The highest BCUT2D eigenvalue weighted by Gasteiger charge is 2.14. The monoisotopic (exact) mass is 381 g/mol. The van der Waals surface area contributed by atoms with Gasteiger partial charge in [0.25, 0.3) is 11.8 Å². The van der Waals surface area contributed by atoms with Gasteiger partial charge in [-0.3, -0.25) is 14.6 Å². The highest BCUT2D eigenvalue weighted by atomic mass is 19.1. The minimum absolute atomic E-state index is 0.0563. The van der Waals surface area contributed by atoms with Crippen LogP contribution in [-0.4, -0.2) is 16.8 Å². The van der Waals surface area contributed by atoms with Crippen LogP contribution in [0.4, 0.5) is 14.5 Å². The van der Waals surface area contributed by atoms with Gasteiger partial charge in [0.2, 0.25) is 0 Å². The van der Waals surface area contributed by atoms with Gasteiger partial charge in [-0.15, -0.1) is 0 Å². The first-order valence-corrected chi connectivity index (χ1v) is 8.49. The molecule has 0 saturated carbocycles. The summed E-state index contributed by atoms with van der Waals surface area (Å²) in [6, 6.07) is 13.2. The third-order valence-corrected chi connectivity index (χ3v) is 4.13. The zero-order valence-electron chi connectivity index (χ0n) is 15.0. The Morgan fingerprint density at radius 1 is 1.00 bits per heavy atom. The number of amides is 2. The van der Waals surface area contributed by atoms with E-state index in [1.807, 2.05) is 31.2 Å². The van der Waals surface area contributed by atoms with Crippen molar-refractivity contribution in [2.45, 2.75) is 13.5 Å². The smallest absolute Gasteiger partial charge is 0.270 e. The van der Waals surface area contributed by atoms with Crippen LogP contribution < -0.4 is 10.6 Å². The molecule has 2 aromatic carbocycles. The number of hydrogen-bond acceptors (Lipinski definition) is 3. The fourth-order valence-corrected chi connectivity index (χ4v) is 2.56. The van der Waals surface area contributed by atoms with Gasteiger partial charge in [0, 0.05) is 24.4 Å². The molecule has 0 bridgehead atoms. The highest BCUT2D eigenvalue weighted by Crippen LogP contribution is 2.16. The second-order valence-corrected chi connectivity index (χ2v) is 6.12. The van der Waals surface area contributed by atoms with E-state index in [2.05, 4.69) is 15.6 Å². The summed E-state index contributed by atoms with van der Waals surface area (Å²) < 4.78 is 26.7. The van der Waals surface area contributed by atoms with Crippen LogP contribution in [-0.2, 0) is 6.54 Å². The molecule has 0 unspecified atom stereocenters. The Labute approximate surface area is 160 Å². The summed E-state index contributed by atoms with van der Waals surface area (Å²) in [7, 11) is 0. The first-order chi connectivity index (χ1) is 13.4. The Bertz CT molecular complexity index is 1040. The van der Waals surface area contributed by atoms with Gasteiger partial charge >= 0.3 is 0 Å². The van der Waals surface area contributed by atoms with E-state index in [4.69, 9.17) is 0 Å². The molecule has 5 nitrogen and oxygen atoms in total. The lowest BCUT2D eigenvalue weighted by Gasteiger charge is -2.09. The summed E-state index contributed by atoms with van der Waals surface area (Å²) in [6.07, 6.45) is 1.32. The Kier molecular flexibility index (Phi) is 5.74. The van der Waals surface area contributed by atoms with Crippen molar-refractivity contribution in [2.75, 3.05) is 5.32 Å². The Hall–Kier alpha value is -3.61. The van der Waals surface area contributed by atoms with Gasteiger partial charge in [-0.25, -0.2) is 8.78 Å². The predicted octanol–water partition coefficient (Wildman–Crippen LogP) is 3.85. The van der Waals surface area contributed by atoms with E-state index in [0.717, 1.165) is 23.3 Å². The van der Waals surface area contributed by atoms with E-state index < -0.39 is 23.4 Å². The maximum atomic E-state index is 13.7. The van der Waals surface area contributed by atoms with Crippen LogP contribution in [0.3, 0.4) is 0 Å². The molecule has 2 N–H and O–H groups in total. The van der Waals surface area contributed by atoms with E-state index in [0.29, 0.717) is 12.6 Å². The minimum Gasteiger partial charge on any atom is -0.347 e. The van der Waals surface area contributed by atoms with Crippen molar-refractivity contribution in [3.05, 3.63) is 94.8 Å². The lowest BCUT2D eigenvalue weighted by atomic mass is 10.1. The molecule has 0 atom stereocenters. The number of benzene rings is 2. The number of nitrogens with zero attached hydrogens (tertiary/aromatic N) is 1. The van der Waals surface area contributed by atoms with Crippen molar-refractivity contribution < 1.29 is 18.4 Å². The third kappa shape index (κ3) is 4.56. The highest BCUT2D eigenvalue weighted by molar-refractivity contribution is 6.05. The van der Waals surface area contributed by atoms with Gasteiger partial charge in [0.15, 0.2) is 0 Å². The van der Waals surface area contributed by atoms with E-state index in [-0.39, 0.29) is 16.9 Å². The number of nitrogens with one attached hydrogen (secondary N) is 2. The first kappa shape index (κ1) is 19.2.